The molecule has 0 radical (unpaired) electrons. The van der Waals surface area contributed by atoms with Gasteiger partial charge >= 0.3 is 0 Å². The first-order valence-electron chi connectivity index (χ1n) is 7.47. The number of aliphatic hydroxyl groups excluding tert-OH is 1. The summed E-state index contributed by atoms with van der Waals surface area (Å²) >= 11 is 3.66. The van der Waals surface area contributed by atoms with E-state index in [1.54, 1.807) is 6.20 Å². The lowest BCUT2D eigenvalue weighted by Crippen LogP contribution is -2.16. The average molecular weight is 375 g/mol. The van der Waals surface area contributed by atoms with Gasteiger partial charge in [0.2, 0.25) is 0 Å². The van der Waals surface area contributed by atoms with Crippen molar-refractivity contribution in [3.63, 3.8) is 0 Å². The van der Waals surface area contributed by atoms with Crippen LogP contribution in [0.15, 0.2) is 34.9 Å². The van der Waals surface area contributed by atoms with E-state index in [9.17, 15) is 5.11 Å². The highest BCUT2D eigenvalue weighted by Gasteiger charge is 2.17. The van der Waals surface area contributed by atoms with Crippen molar-refractivity contribution in [2.75, 3.05) is 0 Å². The fraction of sp³-hybridized carbons (Fsp3) is 0.353. The van der Waals surface area contributed by atoms with Crippen LogP contribution in [0.25, 0.3) is 22.2 Å². The summed E-state index contributed by atoms with van der Waals surface area (Å²) in [6.07, 6.45) is 1.70. The molecule has 1 N–H and O–H groups in total. The third kappa shape index (κ3) is 3.28. The molecule has 0 aliphatic heterocycles. The summed E-state index contributed by atoms with van der Waals surface area (Å²) in [5, 5.41) is 17.9. The van der Waals surface area contributed by atoms with Crippen molar-refractivity contribution >= 4 is 27.0 Å². The van der Waals surface area contributed by atoms with Gasteiger partial charge in [-0.25, -0.2) is 4.68 Å². The number of halogens is 1. The van der Waals surface area contributed by atoms with Gasteiger partial charge in [-0.1, -0.05) is 32.1 Å². The summed E-state index contributed by atoms with van der Waals surface area (Å²) in [7, 11) is 0. The quantitative estimate of drug-likeness (QED) is 0.757. The maximum absolute atomic E-state index is 9.26. The molecule has 23 heavy (non-hydrogen) atoms. The predicted molar refractivity (Wildman–Crippen MR) is 93.8 cm³/mol. The second-order valence-electron chi connectivity index (χ2n) is 6.80. The molecule has 120 valence electrons. The molecule has 2 heterocycles. The Morgan fingerprint density at radius 1 is 1.22 bits per heavy atom. The Kier molecular flexibility index (Phi) is 4.21. The molecule has 3 aromatic rings. The van der Waals surface area contributed by atoms with Gasteiger partial charge < -0.3 is 5.11 Å². The fourth-order valence-electron chi connectivity index (χ4n) is 2.53. The van der Waals surface area contributed by atoms with Crippen LogP contribution in [0.3, 0.4) is 0 Å². The number of hydrogen-bond acceptors (Lipinski definition) is 4. The second kappa shape index (κ2) is 6.02. The Labute approximate surface area is 143 Å². The lowest BCUT2D eigenvalue weighted by atomic mass is 9.97. The minimum Gasteiger partial charge on any atom is -0.390 e. The van der Waals surface area contributed by atoms with Gasteiger partial charge in [0.15, 0.2) is 0 Å². The minimum atomic E-state index is -0.0739. The molecule has 5 nitrogen and oxygen atoms in total. The van der Waals surface area contributed by atoms with Gasteiger partial charge in [-0.15, -0.1) is 5.10 Å². The normalized spacial score (nSPS) is 12.0. The van der Waals surface area contributed by atoms with Crippen LogP contribution in [-0.2, 0) is 13.2 Å². The molecule has 0 saturated carbocycles. The van der Waals surface area contributed by atoms with Crippen LogP contribution >= 0.6 is 15.9 Å². The third-order valence-electron chi connectivity index (χ3n) is 3.54. The highest BCUT2D eigenvalue weighted by molar-refractivity contribution is 9.10. The van der Waals surface area contributed by atoms with Gasteiger partial charge in [0, 0.05) is 12.7 Å². The number of rotatable bonds is 3. The Morgan fingerprint density at radius 3 is 2.70 bits per heavy atom. The van der Waals surface area contributed by atoms with Crippen LogP contribution in [0.1, 0.15) is 26.5 Å². The Balaban J connectivity index is 2.09. The summed E-state index contributed by atoms with van der Waals surface area (Å²) in [4.78, 5) is 4.12. The molecule has 0 unspecified atom stereocenters. The molecule has 0 fully saturated rings. The van der Waals surface area contributed by atoms with E-state index < -0.39 is 0 Å². The van der Waals surface area contributed by atoms with Crippen LogP contribution in [0.2, 0.25) is 0 Å². The highest BCUT2D eigenvalue weighted by atomic mass is 79.9. The average Bonchev–Trinajstić information content (AvgIpc) is 2.90. The summed E-state index contributed by atoms with van der Waals surface area (Å²) in [5.74, 6) is 0. The molecule has 0 aliphatic rings. The van der Waals surface area contributed by atoms with E-state index in [1.807, 2.05) is 28.9 Å². The Bertz CT molecular complexity index is 851. The minimum absolute atomic E-state index is 0.0739. The first-order chi connectivity index (χ1) is 10.9. The van der Waals surface area contributed by atoms with E-state index in [4.69, 9.17) is 0 Å². The van der Waals surface area contributed by atoms with Crippen LogP contribution in [0.5, 0.6) is 0 Å². The van der Waals surface area contributed by atoms with Crippen molar-refractivity contribution in [1.29, 1.82) is 0 Å². The zero-order valence-corrected chi connectivity index (χ0v) is 15.0. The van der Waals surface area contributed by atoms with Gasteiger partial charge in [0.1, 0.15) is 5.52 Å². The van der Waals surface area contributed by atoms with Gasteiger partial charge in [-0.3, -0.25) is 4.98 Å². The van der Waals surface area contributed by atoms with Crippen LogP contribution in [0, 0.1) is 5.41 Å². The van der Waals surface area contributed by atoms with Crippen molar-refractivity contribution in [2.24, 2.45) is 5.41 Å². The first kappa shape index (κ1) is 16.1. The highest BCUT2D eigenvalue weighted by Crippen LogP contribution is 2.34. The molecule has 0 amide bonds. The number of nitrogens with zero attached hydrogens (tertiary/aromatic N) is 4. The lowest BCUT2D eigenvalue weighted by Gasteiger charge is -2.18. The van der Waals surface area contributed by atoms with Crippen molar-refractivity contribution in [3.05, 3.63) is 40.6 Å². The van der Waals surface area contributed by atoms with E-state index >= 15 is 0 Å². The zero-order valence-electron chi connectivity index (χ0n) is 13.4. The standard InChI is InChI=1S/C17H19BrN4O/c1-17(2,3)10-22-14-5-4-13(15(18)16(14)20-21-22)11-6-7-19-12(8-11)9-23/h4-8,23H,9-10H2,1-3H3. The number of aromatic nitrogens is 4. The number of hydrogen-bond donors (Lipinski definition) is 1. The molecular formula is C17H19BrN4O. The summed E-state index contributed by atoms with van der Waals surface area (Å²) in [6, 6.07) is 7.89. The van der Waals surface area contributed by atoms with E-state index in [0.717, 1.165) is 33.2 Å². The molecule has 1 aromatic carbocycles. The van der Waals surface area contributed by atoms with Crippen molar-refractivity contribution in [1.82, 2.24) is 20.0 Å². The maximum atomic E-state index is 9.26. The number of benzene rings is 1. The SMILES string of the molecule is CC(C)(C)Cn1nnc2c(Br)c(-c3ccnc(CO)c3)ccc21. The summed E-state index contributed by atoms with van der Waals surface area (Å²) in [5.41, 5.74) is 4.62. The summed E-state index contributed by atoms with van der Waals surface area (Å²) in [6.45, 7) is 7.26. The van der Waals surface area contributed by atoms with E-state index in [2.05, 4.69) is 52.0 Å². The van der Waals surface area contributed by atoms with Crippen molar-refractivity contribution in [3.8, 4) is 11.1 Å². The number of pyridine rings is 1. The molecule has 0 bridgehead atoms. The molecule has 0 spiro atoms. The van der Waals surface area contributed by atoms with Crippen molar-refractivity contribution in [2.45, 2.75) is 33.9 Å². The molecular weight excluding hydrogens is 356 g/mol. The van der Waals surface area contributed by atoms with Crippen LogP contribution in [-0.4, -0.2) is 25.1 Å². The smallest absolute Gasteiger partial charge is 0.127 e. The third-order valence-corrected chi connectivity index (χ3v) is 4.34. The van der Waals surface area contributed by atoms with E-state index in [0.29, 0.717) is 5.69 Å². The second-order valence-corrected chi connectivity index (χ2v) is 7.59. The fourth-order valence-corrected chi connectivity index (χ4v) is 3.17. The molecule has 2 aromatic heterocycles. The lowest BCUT2D eigenvalue weighted by molar-refractivity contribution is 0.277. The molecule has 3 rings (SSSR count). The maximum Gasteiger partial charge on any atom is 0.127 e. The monoisotopic (exact) mass is 374 g/mol. The zero-order chi connectivity index (χ0) is 16.6. The molecule has 0 atom stereocenters. The van der Waals surface area contributed by atoms with E-state index in [1.165, 1.54) is 0 Å². The van der Waals surface area contributed by atoms with Gasteiger partial charge in [-0.2, -0.15) is 0 Å². The molecule has 0 saturated heterocycles. The topological polar surface area (TPSA) is 63.8 Å². The van der Waals surface area contributed by atoms with Gasteiger partial charge in [-0.05, 0) is 50.7 Å². The summed E-state index contributed by atoms with van der Waals surface area (Å²) < 4.78 is 2.85. The first-order valence-corrected chi connectivity index (χ1v) is 8.26. The number of aliphatic hydroxyl groups is 1. The van der Waals surface area contributed by atoms with Crippen molar-refractivity contribution < 1.29 is 5.11 Å². The van der Waals surface area contributed by atoms with Gasteiger partial charge in [0.25, 0.3) is 0 Å². The van der Waals surface area contributed by atoms with Gasteiger partial charge in [0.05, 0.1) is 22.3 Å². The molecule has 0 aliphatic carbocycles. The predicted octanol–water partition coefficient (Wildman–Crippen LogP) is 3.79. The van der Waals surface area contributed by atoms with Crippen LogP contribution in [0.4, 0.5) is 0 Å². The Hall–Kier alpha value is -1.79. The van der Waals surface area contributed by atoms with E-state index in [-0.39, 0.29) is 12.0 Å². The van der Waals surface area contributed by atoms with Crippen LogP contribution < -0.4 is 0 Å². The molecule has 6 heteroatoms. The Morgan fingerprint density at radius 2 is 2.00 bits per heavy atom. The largest absolute Gasteiger partial charge is 0.390 e. The number of fused-ring (bicyclic) bond motifs is 1.